The first-order valence-corrected chi connectivity index (χ1v) is 11.0. The minimum absolute atomic E-state index is 0.0414. The second-order valence-electron chi connectivity index (χ2n) is 8.59. The summed E-state index contributed by atoms with van der Waals surface area (Å²) in [7, 11) is 2.17. The van der Waals surface area contributed by atoms with Crippen LogP contribution in [-0.2, 0) is 6.42 Å². The number of benzene rings is 2. The number of rotatable bonds is 6. The van der Waals surface area contributed by atoms with Gasteiger partial charge < -0.3 is 20.9 Å². The molecule has 0 bridgehead atoms. The van der Waals surface area contributed by atoms with Crippen molar-refractivity contribution in [3.05, 3.63) is 64.2 Å². The van der Waals surface area contributed by atoms with E-state index in [1.807, 2.05) is 37.8 Å². The smallest absolute Gasteiger partial charge is 0.316 e. The number of nitrogens with zero attached hydrogens (tertiary/aromatic N) is 2. The molecular formula is C25H34N4O2. The molecule has 0 aliphatic carbocycles. The van der Waals surface area contributed by atoms with Crippen LogP contribution in [0, 0.1) is 20.8 Å². The number of primary amides is 1. The summed E-state index contributed by atoms with van der Waals surface area (Å²) in [5.74, 6) is -0.0414. The molecule has 0 atom stereocenters. The second-order valence-corrected chi connectivity index (χ2v) is 8.59. The summed E-state index contributed by atoms with van der Waals surface area (Å²) in [6, 6.07) is 12.2. The van der Waals surface area contributed by atoms with E-state index in [0.29, 0.717) is 30.4 Å². The molecule has 1 aliphatic heterocycles. The normalized spacial score (nSPS) is 14.7. The molecular weight excluding hydrogens is 388 g/mol. The number of hydrogen-bond donors (Lipinski definition) is 2. The summed E-state index contributed by atoms with van der Waals surface area (Å²) in [5, 5.41) is 2.67. The molecule has 0 aromatic heterocycles. The van der Waals surface area contributed by atoms with Gasteiger partial charge in [-0.3, -0.25) is 4.79 Å². The fraction of sp³-hybridized carbons (Fsp3) is 0.440. The third kappa shape index (κ3) is 5.44. The predicted molar refractivity (Wildman–Crippen MR) is 126 cm³/mol. The first-order valence-electron chi connectivity index (χ1n) is 11.0. The molecule has 1 aliphatic rings. The Hall–Kier alpha value is -2.86. The molecule has 6 nitrogen and oxygen atoms in total. The monoisotopic (exact) mass is 422 g/mol. The first kappa shape index (κ1) is 22.8. The van der Waals surface area contributed by atoms with Crippen molar-refractivity contribution in [1.82, 2.24) is 9.80 Å². The van der Waals surface area contributed by atoms with Crippen molar-refractivity contribution >= 4 is 17.6 Å². The van der Waals surface area contributed by atoms with Crippen molar-refractivity contribution in [2.45, 2.75) is 46.1 Å². The molecule has 0 radical (unpaired) electrons. The van der Waals surface area contributed by atoms with E-state index in [2.05, 4.69) is 41.5 Å². The molecule has 1 saturated heterocycles. The molecule has 3 rings (SSSR count). The number of nitrogens with two attached hydrogens (primary N) is 1. The van der Waals surface area contributed by atoms with Gasteiger partial charge in [0.25, 0.3) is 5.91 Å². The van der Waals surface area contributed by atoms with Crippen molar-refractivity contribution in [1.29, 1.82) is 0 Å². The van der Waals surface area contributed by atoms with E-state index in [-0.39, 0.29) is 5.91 Å². The lowest BCUT2D eigenvalue weighted by Crippen LogP contribution is -2.46. The number of nitrogens with one attached hydrogen (secondary N) is 1. The summed E-state index contributed by atoms with van der Waals surface area (Å²) in [6.07, 6.45) is 2.92. The van der Waals surface area contributed by atoms with Crippen LogP contribution in [-0.4, -0.2) is 54.5 Å². The van der Waals surface area contributed by atoms with Gasteiger partial charge in [0, 0.05) is 25.7 Å². The highest BCUT2D eigenvalue weighted by Crippen LogP contribution is 2.29. The van der Waals surface area contributed by atoms with E-state index in [1.165, 1.54) is 5.56 Å². The van der Waals surface area contributed by atoms with Gasteiger partial charge in [0.15, 0.2) is 0 Å². The molecule has 3 amide bonds. The molecule has 166 valence electrons. The van der Waals surface area contributed by atoms with Gasteiger partial charge in [-0.05, 0) is 75.4 Å². The van der Waals surface area contributed by atoms with Crippen LogP contribution in [0.4, 0.5) is 10.5 Å². The third-order valence-electron chi connectivity index (χ3n) is 6.61. The van der Waals surface area contributed by atoms with E-state index in [0.717, 1.165) is 42.5 Å². The van der Waals surface area contributed by atoms with Crippen LogP contribution in [0.2, 0.25) is 0 Å². The number of urea groups is 1. The zero-order chi connectivity index (χ0) is 22.5. The van der Waals surface area contributed by atoms with Gasteiger partial charge in [-0.15, -0.1) is 0 Å². The summed E-state index contributed by atoms with van der Waals surface area (Å²) >= 11 is 0. The van der Waals surface area contributed by atoms with Crippen LogP contribution in [0.1, 0.15) is 45.5 Å². The summed E-state index contributed by atoms with van der Waals surface area (Å²) in [5.41, 5.74) is 10.7. The summed E-state index contributed by atoms with van der Waals surface area (Å²) in [4.78, 5) is 29.2. The molecule has 2 aromatic rings. The molecule has 0 spiro atoms. The largest absolute Gasteiger partial charge is 0.351 e. The molecule has 0 saturated carbocycles. The number of carbonyl (C=O) groups is 2. The van der Waals surface area contributed by atoms with Crippen LogP contribution in [0.5, 0.6) is 0 Å². The Kier molecular flexibility index (Phi) is 7.33. The first-order chi connectivity index (χ1) is 14.8. The number of amides is 3. The third-order valence-corrected chi connectivity index (χ3v) is 6.61. The molecule has 1 heterocycles. The molecule has 2 aromatic carbocycles. The highest BCUT2D eigenvalue weighted by atomic mass is 16.2. The predicted octanol–water partition coefficient (Wildman–Crippen LogP) is 3.88. The highest BCUT2D eigenvalue weighted by molar-refractivity contribution is 6.04. The maximum Gasteiger partial charge on any atom is 0.316 e. The Morgan fingerprint density at radius 2 is 1.74 bits per heavy atom. The number of likely N-dealkylation sites (tertiary alicyclic amines) is 1. The zero-order valence-electron chi connectivity index (χ0n) is 19.1. The lowest BCUT2D eigenvalue weighted by Gasteiger charge is -2.37. The van der Waals surface area contributed by atoms with Gasteiger partial charge in [-0.1, -0.05) is 30.3 Å². The maximum atomic E-state index is 13.3. The standard InChI is InChI=1S/C25H34N4O2/c1-17-16-22(23(27-25(26)31)19(3)18(17)2)24(30)29-14-11-21(12-15-29)28(4)13-10-20-8-6-5-7-9-20/h5-9,16,21H,10-15H2,1-4H3,(H3,26,27,31). The Balaban J connectivity index is 1.64. The fourth-order valence-corrected chi connectivity index (χ4v) is 4.35. The van der Waals surface area contributed by atoms with Gasteiger partial charge in [0.05, 0.1) is 11.3 Å². The number of carbonyl (C=O) groups excluding carboxylic acids is 2. The van der Waals surface area contributed by atoms with Gasteiger partial charge >= 0.3 is 6.03 Å². The quantitative estimate of drug-likeness (QED) is 0.741. The number of aryl methyl sites for hydroxylation is 1. The molecule has 1 fully saturated rings. The van der Waals surface area contributed by atoms with Crippen molar-refractivity contribution in [3.8, 4) is 0 Å². The average molecular weight is 423 g/mol. The van der Waals surface area contributed by atoms with Crippen molar-refractivity contribution in [2.75, 3.05) is 32.0 Å². The lowest BCUT2D eigenvalue weighted by atomic mass is 9.95. The Morgan fingerprint density at radius 1 is 1.10 bits per heavy atom. The van der Waals surface area contributed by atoms with E-state index in [1.54, 1.807) is 0 Å². The lowest BCUT2D eigenvalue weighted by molar-refractivity contribution is 0.0647. The minimum Gasteiger partial charge on any atom is -0.351 e. The van der Waals surface area contributed by atoms with Crippen LogP contribution in [0.25, 0.3) is 0 Å². The van der Waals surface area contributed by atoms with E-state index < -0.39 is 6.03 Å². The van der Waals surface area contributed by atoms with Gasteiger partial charge in [0.2, 0.25) is 0 Å². The summed E-state index contributed by atoms with van der Waals surface area (Å²) < 4.78 is 0. The van der Waals surface area contributed by atoms with E-state index >= 15 is 0 Å². The minimum atomic E-state index is -0.654. The van der Waals surface area contributed by atoms with Crippen LogP contribution in [0.3, 0.4) is 0 Å². The van der Waals surface area contributed by atoms with E-state index in [9.17, 15) is 9.59 Å². The van der Waals surface area contributed by atoms with Crippen LogP contribution >= 0.6 is 0 Å². The molecule has 0 unspecified atom stereocenters. The van der Waals surface area contributed by atoms with Crippen molar-refractivity contribution in [3.63, 3.8) is 0 Å². The van der Waals surface area contributed by atoms with Gasteiger partial charge in [-0.25, -0.2) is 4.79 Å². The van der Waals surface area contributed by atoms with Crippen molar-refractivity contribution < 1.29 is 9.59 Å². The molecule has 3 N–H and O–H groups in total. The van der Waals surface area contributed by atoms with Gasteiger partial charge in [0.1, 0.15) is 0 Å². The van der Waals surface area contributed by atoms with E-state index in [4.69, 9.17) is 5.73 Å². The summed E-state index contributed by atoms with van der Waals surface area (Å²) in [6.45, 7) is 8.31. The van der Waals surface area contributed by atoms with Crippen LogP contribution in [0.15, 0.2) is 36.4 Å². The molecule has 31 heavy (non-hydrogen) atoms. The highest BCUT2D eigenvalue weighted by Gasteiger charge is 2.28. The van der Waals surface area contributed by atoms with Crippen LogP contribution < -0.4 is 11.1 Å². The number of hydrogen-bond acceptors (Lipinski definition) is 3. The average Bonchev–Trinajstić information content (AvgIpc) is 2.78. The fourth-order valence-electron chi connectivity index (χ4n) is 4.35. The zero-order valence-corrected chi connectivity index (χ0v) is 19.1. The van der Waals surface area contributed by atoms with Crippen molar-refractivity contribution in [2.24, 2.45) is 5.73 Å². The Bertz CT molecular complexity index is 934. The molecule has 6 heteroatoms. The number of piperidine rings is 1. The van der Waals surface area contributed by atoms with Gasteiger partial charge in [-0.2, -0.15) is 0 Å². The second kappa shape index (κ2) is 9.96. The number of likely N-dealkylation sites (N-methyl/N-ethyl adjacent to an activating group) is 1. The SMILES string of the molecule is Cc1cc(C(=O)N2CCC(N(C)CCc3ccccc3)CC2)c(NC(N)=O)c(C)c1C. The topological polar surface area (TPSA) is 78.7 Å². The number of anilines is 1. The maximum absolute atomic E-state index is 13.3. The Morgan fingerprint density at radius 3 is 2.35 bits per heavy atom. The Labute approximate surface area is 185 Å².